The predicted molar refractivity (Wildman–Crippen MR) is 70.9 cm³/mol. The number of rotatable bonds is 2. The molecule has 0 radical (unpaired) electrons. The van der Waals surface area contributed by atoms with E-state index < -0.39 is 18.1 Å². The van der Waals surface area contributed by atoms with Crippen LogP contribution >= 0.6 is 0 Å². The van der Waals surface area contributed by atoms with Crippen LogP contribution in [-0.2, 0) is 6.54 Å². The van der Waals surface area contributed by atoms with Gasteiger partial charge in [0.1, 0.15) is 0 Å². The second-order valence-corrected chi connectivity index (χ2v) is 5.92. The molecular weight excluding hydrogens is 265 g/mol. The fourth-order valence-electron chi connectivity index (χ4n) is 3.80. The van der Waals surface area contributed by atoms with Crippen molar-refractivity contribution in [1.29, 1.82) is 0 Å². The number of piperidine rings is 1. The third-order valence-electron chi connectivity index (χ3n) is 4.72. The van der Waals surface area contributed by atoms with E-state index in [9.17, 15) is 13.2 Å². The predicted octanol–water partition coefficient (Wildman–Crippen LogP) is 2.93. The molecule has 2 aliphatic rings. The van der Waals surface area contributed by atoms with Crippen LogP contribution in [0.25, 0.3) is 0 Å². The monoisotopic (exact) mass is 284 g/mol. The zero-order valence-electron chi connectivity index (χ0n) is 11.2. The maximum Gasteiger partial charge on any atom is 0.393 e. The van der Waals surface area contributed by atoms with Crippen LogP contribution in [0.4, 0.5) is 13.2 Å². The first kappa shape index (κ1) is 13.9. The Hall–Kier alpha value is -1.07. The summed E-state index contributed by atoms with van der Waals surface area (Å²) in [7, 11) is 0. The van der Waals surface area contributed by atoms with Crippen LogP contribution in [0.15, 0.2) is 30.3 Å². The van der Waals surface area contributed by atoms with Crippen LogP contribution < -0.4 is 5.73 Å². The van der Waals surface area contributed by atoms with Gasteiger partial charge < -0.3 is 5.73 Å². The number of hydrogen-bond donors (Lipinski definition) is 1. The maximum atomic E-state index is 13.2. The molecule has 0 aromatic heterocycles. The summed E-state index contributed by atoms with van der Waals surface area (Å²) in [6.07, 6.45) is -2.68. The van der Waals surface area contributed by atoms with E-state index in [1.54, 1.807) is 0 Å². The quantitative estimate of drug-likeness (QED) is 0.904. The maximum absolute atomic E-state index is 13.2. The second kappa shape index (κ2) is 5.04. The van der Waals surface area contributed by atoms with E-state index in [4.69, 9.17) is 5.73 Å². The van der Waals surface area contributed by atoms with E-state index in [1.807, 2.05) is 35.2 Å². The molecule has 0 saturated carbocycles. The van der Waals surface area contributed by atoms with Crippen LogP contribution in [0, 0.1) is 5.92 Å². The minimum atomic E-state index is -4.15. The Morgan fingerprint density at radius 2 is 1.75 bits per heavy atom. The van der Waals surface area contributed by atoms with Crippen LogP contribution in [0.5, 0.6) is 0 Å². The summed E-state index contributed by atoms with van der Waals surface area (Å²) in [5.41, 5.74) is 7.06. The molecule has 0 amide bonds. The summed E-state index contributed by atoms with van der Waals surface area (Å²) in [5, 5.41) is 0. The standard InChI is InChI=1S/C15H19F3N2/c16-15(17,18)11-8-12(19)14-7-6-13(11)20(14)9-10-4-2-1-3-5-10/h1-5,11-14H,6-9,19H2/t11?,12?,13-,14+/m0/s1. The van der Waals surface area contributed by atoms with Crippen LogP contribution in [0.2, 0.25) is 0 Å². The highest BCUT2D eigenvalue weighted by molar-refractivity contribution is 5.16. The summed E-state index contributed by atoms with van der Waals surface area (Å²) >= 11 is 0. The lowest BCUT2D eigenvalue weighted by Crippen LogP contribution is -2.57. The molecule has 3 rings (SSSR count). The molecule has 2 fully saturated rings. The molecule has 0 aliphatic carbocycles. The number of fused-ring (bicyclic) bond motifs is 2. The fourth-order valence-corrected chi connectivity index (χ4v) is 3.80. The van der Waals surface area contributed by atoms with Crippen molar-refractivity contribution in [3.8, 4) is 0 Å². The fraction of sp³-hybridized carbons (Fsp3) is 0.600. The van der Waals surface area contributed by atoms with Gasteiger partial charge in [-0.1, -0.05) is 30.3 Å². The van der Waals surface area contributed by atoms with Crippen LogP contribution in [-0.4, -0.2) is 29.2 Å². The summed E-state index contributed by atoms with van der Waals surface area (Å²) in [6, 6.07) is 9.00. The van der Waals surface area contributed by atoms with Crippen LogP contribution in [0.1, 0.15) is 24.8 Å². The number of halogens is 3. The van der Waals surface area contributed by atoms with Gasteiger partial charge in [-0.2, -0.15) is 13.2 Å². The molecule has 5 heteroatoms. The molecule has 2 N–H and O–H groups in total. The zero-order valence-corrected chi connectivity index (χ0v) is 11.2. The first-order chi connectivity index (χ1) is 9.47. The summed E-state index contributed by atoms with van der Waals surface area (Å²) in [6.45, 7) is 0.566. The molecular formula is C15H19F3N2. The highest BCUT2D eigenvalue weighted by Gasteiger charge is 2.55. The van der Waals surface area contributed by atoms with Gasteiger partial charge in [-0.05, 0) is 24.8 Å². The molecule has 2 saturated heterocycles. The second-order valence-electron chi connectivity index (χ2n) is 5.92. The van der Waals surface area contributed by atoms with Gasteiger partial charge in [-0.25, -0.2) is 0 Å². The van der Waals surface area contributed by atoms with Crippen LogP contribution in [0.3, 0.4) is 0 Å². The van der Waals surface area contributed by atoms with Gasteiger partial charge in [-0.3, -0.25) is 4.90 Å². The molecule has 0 spiro atoms. The Bertz CT molecular complexity index is 460. The summed E-state index contributed by atoms with van der Waals surface area (Å²) < 4.78 is 39.6. The number of hydrogen-bond acceptors (Lipinski definition) is 2. The zero-order chi connectivity index (χ0) is 14.3. The SMILES string of the molecule is NC1CC(C(F)(F)F)[C@@H]2CC[C@H]1N2Cc1ccccc1. The topological polar surface area (TPSA) is 29.3 Å². The lowest BCUT2D eigenvalue weighted by Gasteiger charge is -2.43. The number of benzene rings is 1. The van der Waals surface area contributed by atoms with Gasteiger partial charge in [0.05, 0.1) is 5.92 Å². The Balaban J connectivity index is 1.83. The Labute approximate surface area is 116 Å². The van der Waals surface area contributed by atoms with E-state index in [0.717, 1.165) is 12.0 Å². The van der Waals surface area contributed by atoms with Gasteiger partial charge >= 0.3 is 6.18 Å². The van der Waals surface area contributed by atoms with E-state index in [-0.39, 0.29) is 18.5 Å². The molecule has 2 aliphatic heterocycles. The van der Waals surface area contributed by atoms with Crippen molar-refractivity contribution in [2.45, 2.75) is 50.1 Å². The van der Waals surface area contributed by atoms with Crippen molar-refractivity contribution in [3.63, 3.8) is 0 Å². The van der Waals surface area contributed by atoms with Crippen molar-refractivity contribution in [1.82, 2.24) is 4.90 Å². The summed E-state index contributed by atoms with van der Waals surface area (Å²) in [5.74, 6) is -1.28. The molecule has 110 valence electrons. The van der Waals surface area contributed by atoms with E-state index in [1.165, 1.54) is 0 Å². The van der Waals surface area contributed by atoms with Gasteiger partial charge in [0.15, 0.2) is 0 Å². The first-order valence-corrected chi connectivity index (χ1v) is 7.09. The van der Waals surface area contributed by atoms with Crippen molar-refractivity contribution in [2.24, 2.45) is 11.7 Å². The largest absolute Gasteiger partial charge is 0.393 e. The Kier molecular flexibility index (Phi) is 3.50. The highest BCUT2D eigenvalue weighted by Crippen LogP contribution is 2.46. The van der Waals surface area contributed by atoms with E-state index in [2.05, 4.69) is 0 Å². The highest BCUT2D eigenvalue weighted by atomic mass is 19.4. The molecule has 20 heavy (non-hydrogen) atoms. The average molecular weight is 284 g/mol. The number of nitrogens with zero attached hydrogens (tertiary/aromatic N) is 1. The van der Waals surface area contributed by atoms with Gasteiger partial charge in [-0.15, -0.1) is 0 Å². The first-order valence-electron chi connectivity index (χ1n) is 7.09. The average Bonchev–Trinajstić information content (AvgIpc) is 2.69. The normalized spacial score (nSPS) is 34.4. The molecule has 2 bridgehead atoms. The van der Waals surface area contributed by atoms with Crippen molar-refractivity contribution in [2.75, 3.05) is 0 Å². The minimum absolute atomic E-state index is 0.0735. The molecule has 2 nitrogen and oxygen atoms in total. The Morgan fingerprint density at radius 3 is 2.40 bits per heavy atom. The molecule has 1 aromatic rings. The van der Waals surface area contributed by atoms with E-state index >= 15 is 0 Å². The molecule has 1 aromatic carbocycles. The lowest BCUT2D eigenvalue weighted by molar-refractivity contribution is -0.202. The molecule has 2 unspecified atom stereocenters. The smallest absolute Gasteiger partial charge is 0.326 e. The molecule has 2 heterocycles. The summed E-state index contributed by atoms with van der Waals surface area (Å²) in [4.78, 5) is 1.99. The lowest BCUT2D eigenvalue weighted by atomic mass is 9.86. The molecule has 4 atom stereocenters. The van der Waals surface area contributed by atoms with Gasteiger partial charge in [0, 0.05) is 24.7 Å². The van der Waals surface area contributed by atoms with Crippen molar-refractivity contribution < 1.29 is 13.2 Å². The third-order valence-corrected chi connectivity index (χ3v) is 4.72. The van der Waals surface area contributed by atoms with E-state index in [0.29, 0.717) is 13.0 Å². The third kappa shape index (κ3) is 2.44. The Morgan fingerprint density at radius 1 is 1.10 bits per heavy atom. The van der Waals surface area contributed by atoms with Gasteiger partial charge in [0.25, 0.3) is 0 Å². The minimum Gasteiger partial charge on any atom is -0.326 e. The number of alkyl halides is 3. The van der Waals surface area contributed by atoms with Crippen molar-refractivity contribution in [3.05, 3.63) is 35.9 Å². The van der Waals surface area contributed by atoms with Crippen molar-refractivity contribution >= 4 is 0 Å². The van der Waals surface area contributed by atoms with Gasteiger partial charge in [0.2, 0.25) is 0 Å². The number of nitrogens with two attached hydrogens (primary N) is 1.